The maximum atomic E-state index is 7.29. The zero-order chi connectivity index (χ0) is 25.4. The average molecular weight is 523 g/mol. The minimum atomic E-state index is -2.81. The molecule has 0 aromatic carbocycles. The molecule has 0 bridgehead atoms. The van der Waals surface area contributed by atoms with E-state index in [0.717, 1.165) is 37.4 Å². The van der Waals surface area contributed by atoms with Crippen LogP contribution < -0.4 is 0 Å². The Morgan fingerprint density at radius 3 is 0.818 bits per heavy atom. The molecule has 1 aliphatic heterocycles. The van der Waals surface area contributed by atoms with E-state index in [1.807, 2.05) is 0 Å². The fourth-order valence-electron chi connectivity index (χ4n) is 4.93. The van der Waals surface area contributed by atoms with Gasteiger partial charge in [-0.15, -0.1) is 0 Å². The van der Waals surface area contributed by atoms with Crippen LogP contribution in [0.15, 0.2) is 0 Å². The van der Waals surface area contributed by atoms with E-state index in [2.05, 4.69) is 83.1 Å². The third-order valence-corrected chi connectivity index (χ3v) is 22.1. The molecule has 0 saturated carbocycles. The molecule has 0 spiro atoms. The molecule has 3 atom stereocenters. The molecule has 0 amide bonds. The minimum Gasteiger partial charge on any atom is -0.412 e. The molecule has 33 heavy (non-hydrogen) atoms. The maximum Gasteiger partial charge on any atom is 0.350 e. The van der Waals surface area contributed by atoms with Crippen LogP contribution in [0.25, 0.3) is 0 Å². The van der Waals surface area contributed by atoms with Crippen molar-refractivity contribution in [2.45, 2.75) is 156 Å². The Morgan fingerprint density at radius 1 is 0.455 bits per heavy atom. The minimum absolute atomic E-state index is 0.0914. The highest BCUT2D eigenvalue weighted by Crippen LogP contribution is 2.44. The van der Waals surface area contributed by atoms with E-state index in [4.69, 9.17) is 26.6 Å². The summed E-state index contributed by atoms with van der Waals surface area (Å²) in [4.78, 5) is 0. The van der Waals surface area contributed by atoms with Gasteiger partial charge in [0, 0.05) is 0 Å². The van der Waals surface area contributed by atoms with Gasteiger partial charge >= 0.3 is 25.7 Å². The van der Waals surface area contributed by atoms with Crippen LogP contribution >= 0.6 is 0 Å². The van der Waals surface area contributed by atoms with Gasteiger partial charge in [-0.2, -0.15) is 0 Å². The zero-order valence-electron chi connectivity index (χ0n) is 23.7. The van der Waals surface area contributed by atoms with Crippen LogP contribution in [-0.4, -0.2) is 61.2 Å². The van der Waals surface area contributed by atoms with E-state index in [9.17, 15) is 0 Å². The lowest BCUT2D eigenvalue weighted by Crippen LogP contribution is -2.79. The van der Waals surface area contributed by atoms with Crippen molar-refractivity contribution in [1.29, 1.82) is 0 Å². The van der Waals surface area contributed by atoms with Crippen molar-refractivity contribution in [3.63, 3.8) is 0 Å². The van der Waals surface area contributed by atoms with Crippen LogP contribution in [0.2, 0.25) is 18.1 Å². The smallest absolute Gasteiger partial charge is 0.350 e. The lowest BCUT2D eigenvalue weighted by Gasteiger charge is -2.57. The van der Waals surface area contributed by atoms with Crippen molar-refractivity contribution in [2.24, 2.45) is 0 Å². The van der Waals surface area contributed by atoms with Gasteiger partial charge in [-0.3, -0.25) is 0 Å². The molecular weight excluding hydrogens is 469 g/mol. The monoisotopic (exact) mass is 522 g/mol. The summed E-state index contributed by atoms with van der Waals surface area (Å²) >= 11 is 0. The summed E-state index contributed by atoms with van der Waals surface area (Å²) in [5.74, 6) is 0. The Balaban J connectivity index is 3.74. The van der Waals surface area contributed by atoms with Gasteiger partial charge in [0.25, 0.3) is 0 Å². The third-order valence-electron chi connectivity index (χ3n) is 6.12. The highest BCUT2D eigenvalue weighted by Gasteiger charge is 2.67. The second-order valence-corrected chi connectivity index (χ2v) is 21.7. The fourth-order valence-corrected chi connectivity index (χ4v) is 24.8. The maximum absolute atomic E-state index is 7.29. The molecule has 1 saturated heterocycles. The number of hydrogen-bond donors (Lipinski definition) is 0. The van der Waals surface area contributed by atoms with Gasteiger partial charge < -0.3 is 26.6 Å². The topological polar surface area (TPSA) is 55.4 Å². The number of hydrogen-bond acceptors (Lipinski definition) is 6. The average Bonchev–Trinajstić information content (AvgIpc) is 2.66. The SMILES string of the molecule is CCC[Si]1(C(C)OC(C)C)O[Si](CCC)(C(C)OC(C)C)O[Si](CCC)(C(C)OC(C)C)O1. The lowest BCUT2D eigenvalue weighted by molar-refractivity contribution is -0.00616. The summed E-state index contributed by atoms with van der Waals surface area (Å²) in [5.41, 5.74) is -0.274. The van der Waals surface area contributed by atoms with Crippen molar-refractivity contribution in [1.82, 2.24) is 0 Å². The van der Waals surface area contributed by atoms with Crippen LogP contribution in [0.3, 0.4) is 0 Å². The first-order valence-electron chi connectivity index (χ1n) is 13.4. The molecular formula is C24H54O6Si3. The number of rotatable bonds is 15. The van der Waals surface area contributed by atoms with Gasteiger partial charge in [0.2, 0.25) is 0 Å². The summed E-state index contributed by atoms with van der Waals surface area (Å²) in [6.07, 6.45) is 3.29. The predicted molar refractivity (Wildman–Crippen MR) is 143 cm³/mol. The Labute approximate surface area is 208 Å². The molecule has 6 nitrogen and oxygen atoms in total. The first-order valence-corrected chi connectivity index (χ1v) is 19.7. The van der Waals surface area contributed by atoms with Gasteiger partial charge in [0.05, 0.1) is 35.5 Å². The molecule has 1 aliphatic rings. The molecule has 1 rings (SSSR count). The second kappa shape index (κ2) is 13.6. The van der Waals surface area contributed by atoms with Crippen molar-refractivity contribution < 1.29 is 26.6 Å². The Bertz CT molecular complexity index is 478. The first kappa shape index (κ1) is 31.4. The third kappa shape index (κ3) is 8.21. The number of ether oxygens (including phenoxy) is 3. The summed E-state index contributed by atoms with van der Waals surface area (Å²) in [6, 6.07) is 2.68. The summed E-state index contributed by atoms with van der Waals surface area (Å²) in [7, 11) is -8.42. The van der Waals surface area contributed by atoms with E-state index < -0.39 is 25.7 Å². The van der Waals surface area contributed by atoms with Crippen molar-refractivity contribution in [2.75, 3.05) is 0 Å². The molecule has 0 N–H and O–H groups in total. The second-order valence-electron chi connectivity index (χ2n) is 10.5. The van der Waals surface area contributed by atoms with E-state index in [1.54, 1.807) is 0 Å². The lowest BCUT2D eigenvalue weighted by atomic mass is 10.5. The van der Waals surface area contributed by atoms with Crippen molar-refractivity contribution in [3.05, 3.63) is 0 Å². The Morgan fingerprint density at radius 2 is 0.667 bits per heavy atom. The first-order chi connectivity index (χ1) is 15.3. The Kier molecular flexibility index (Phi) is 13.0. The molecule has 198 valence electrons. The van der Waals surface area contributed by atoms with Gasteiger partial charge in [0.15, 0.2) is 0 Å². The summed E-state index contributed by atoms with van der Waals surface area (Å²) in [6.45, 7) is 25.7. The van der Waals surface area contributed by atoms with Crippen molar-refractivity contribution in [3.8, 4) is 0 Å². The molecule has 0 aromatic heterocycles. The summed E-state index contributed by atoms with van der Waals surface area (Å²) < 4.78 is 41.1. The van der Waals surface area contributed by atoms with E-state index in [-0.39, 0.29) is 35.5 Å². The van der Waals surface area contributed by atoms with Gasteiger partial charge in [-0.1, -0.05) is 40.0 Å². The highest BCUT2D eigenvalue weighted by molar-refractivity contribution is 6.95. The van der Waals surface area contributed by atoms with Crippen LogP contribution in [-0.2, 0) is 26.6 Å². The highest BCUT2D eigenvalue weighted by atomic mass is 28.5. The zero-order valence-corrected chi connectivity index (χ0v) is 26.7. The molecule has 0 aliphatic carbocycles. The largest absolute Gasteiger partial charge is 0.412 e. The molecule has 0 aromatic rings. The Hall–Kier alpha value is 0.411. The van der Waals surface area contributed by atoms with Gasteiger partial charge in [0.1, 0.15) is 0 Å². The van der Waals surface area contributed by atoms with Crippen molar-refractivity contribution >= 4 is 25.7 Å². The van der Waals surface area contributed by atoms with E-state index in [1.165, 1.54) is 0 Å². The van der Waals surface area contributed by atoms with Crippen LogP contribution in [0.5, 0.6) is 0 Å². The molecule has 9 heteroatoms. The molecule has 3 unspecified atom stereocenters. The van der Waals surface area contributed by atoms with Crippen LogP contribution in [0.1, 0.15) is 102 Å². The molecule has 1 fully saturated rings. The van der Waals surface area contributed by atoms with Gasteiger partial charge in [-0.05, 0) is 80.4 Å². The molecule has 1 heterocycles. The van der Waals surface area contributed by atoms with E-state index in [0.29, 0.717) is 0 Å². The predicted octanol–water partition coefficient (Wildman–Crippen LogP) is 6.66. The molecule has 0 radical (unpaired) electrons. The quantitative estimate of drug-likeness (QED) is 0.224. The standard InChI is InChI=1S/C24H54O6Si3/c1-13-16-31(22(10)25-19(4)5)28-32(17-14-2,23(11)26-20(6)7)30-33(29-31,18-15-3)24(12)27-21(8)9/h19-24H,13-18H2,1-12H3. The fraction of sp³-hybridized carbons (Fsp3) is 1.00. The van der Waals surface area contributed by atoms with Gasteiger partial charge in [-0.25, -0.2) is 0 Å². The summed E-state index contributed by atoms with van der Waals surface area (Å²) in [5, 5.41) is 0. The van der Waals surface area contributed by atoms with E-state index >= 15 is 0 Å². The van der Waals surface area contributed by atoms with Crippen LogP contribution in [0.4, 0.5) is 0 Å². The normalized spacial score (nSPS) is 31.4. The van der Waals surface area contributed by atoms with Crippen LogP contribution in [0, 0.1) is 0 Å².